The van der Waals surface area contributed by atoms with Crippen molar-refractivity contribution in [3.8, 4) is 0 Å². The minimum absolute atomic E-state index is 0.0158. The Morgan fingerprint density at radius 2 is 1.74 bits per heavy atom. The largest absolute Gasteiger partial charge is 0.481 e. The molecule has 2 bridgehead atoms. The molecular formula is C37H55NO8. The third kappa shape index (κ3) is 4.45. The highest BCUT2D eigenvalue weighted by Crippen LogP contribution is 2.74. The van der Waals surface area contributed by atoms with Crippen molar-refractivity contribution in [3.63, 3.8) is 0 Å². The monoisotopic (exact) mass is 641 g/mol. The van der Waals surface area contributed by atoms with Gasteiger partial charge in [-0.2, -0.15) is 0 Å². The molecule has 6 rings (SSSR count). The molecule has 2 saturated heterocycles. The summed E-state index contributed by atoms with van der Waals surface area (Å²) >= 11 is 0. The van der Waals surface area contributed by atoms with Gasteiger partial charge < -0.3 is 24.6 Å². The maximum atomic E-state index is 14.8. The predicted molar refractivity (Wildman–Crippen MR) is 170 cm³/mol. The lowest BCUT2D eigenvalue weighted by Gasteiger charge is -2.70. The molecule has 1 unspecified atom stereocenters. The summed E-state index contributed by atoms with van der Waals surface area (Å²) < 4.78 is 18.7. The number of ether oxygens (including phenoxy) is 3. The molecule has 0 aromatic heterocycles. The number of nitrogens with one attached hydrogen (secondary N) is 1. The van der Waals surface area contributed by atoms with Gasteiger partial charge in [-0.25, -0.2) is 0 Å². The van der Waals surface area contributed by atoms with Crippen LogP contribution in [0.3, 0.4) is 0 Å². The zero-order valence-electron chi connectivity index (χ0n) is 29.1. The number of fused-ring (bicyclic) bond motifs is 3. The maximum absolute atomic E-state index is 14.8. The van der Waals surface area contributed by atoms with E-state index in [2.05, 4.69) is 46.9 Å². The van der Waals surface area contributed by atoms with Crippen molar-refractivity contribution in [2.75, 3.05) is 19.8 Å². The zero-order valence-corrected chi connectivity index (χ0v) is 29.1. The van der Waals surface area contributed by atoms with E-state index in [4.69, 9.17) is 14.2 Å². The SMILES string of the molecule is CC(=O)O[C@@H]1C[C@]23COC[C@](C)([C@@H]2CC[C@H]2C3=CC(=O)[C@@]3(C)[C@H](C(=O)O)[C@@](C)([C@H](C)C(C)C)CC[C@]23C)[C@H]1OC(=O)C1CCCN1. The van der Waals surface area contributed by atoms with Crippen LogP contribution in [-0.4, -0.2) is 66.8 Å². The van der Waals surface area contributed by atoms with E-state index in [1.54, 1.807) is 6.08 Å². The van der Waals surface area contributed by atoms with Gasteiger partial charge in [0, 0.05) is 23.2 Å². The third-order valence-electron chi connectivity index (χ3n) is 14.8. The first-order chi connectivity index (χ1) is 21.5. The van der Waals surface area contributed by atoms with Gasteiger partial charge in [-0.15, -0.1) is 0 Å². The summed E-state index contributed by atoms with van der Waals surface area (Å²) in [4.78, 5) is 54.0. The number of esters is 2. The Hall–Kier alpha value is -2.26. The first kappa shape index (κ1) is 33.6. The average Bonchev–Trinajstić information content (AvgIpc) is 3.51. The number of carbonyl (C=O) groups is 4. The minimum Gasteiger partial charge on any atom is -0.481 e. The van der Waals surface area contributed by atoms with Gasteiger partial charge in [0.1, 0.15) is 18.2 Å². The van der Waals surface area contributed by atoms with E-state index in [0.29, 0.717) is 26.1 Å². The van der Waals surface area contributed by atoms with Crippen LogP contribution in [0.1, 0.15) is 100 Å². The van der Waals surface area contributed by atoms with Crippen molar-refractivity contribution in [2.24, 2.45) is 56.7 Å². The second-order valence-electron chi connectivity index (χ2n) is 17.1. The Labute approximate surface area is 273 Å². The summed E-state index contributed by atoms with van der Waals surface area (Å²) in [6, 6.07) is -0.373. The third-order valence-corrected chi connectivity index (χ3v) is 14.8. The standard InChI is InChI=1S/C37H55NO8/c1-20(2)21(3)33(5)13-14-35(7)23-11-12-27-34(6)18-44-19-37(27,24(23)16-28(40)36(35,8)29(33)31(41)42)17-26(45-22(4)39)30(34)46-32(43)25-10-9-15-38-25/h16,20-21,23,25-27,29-30,38H,9-15,17-19H2,1-8H3,(H,41,42)/t21-,23+,25?,26-,27+,29-,30+,33-,34-,35-,36+,37-/m1/s1. The lowest BCUT2D eigenvalue weighted by Crippen LogP contribution is -2.71. The number of carbonyl (C=O) groups excluding carboxylic acids is 3. The smallest absolute Gasteiger partial charge is 0.323 e. The van der Waals surface area contributed by atoms with Crippen LogP contribution in [0.2, 0.25) is 0 Å². The van der Waals surface area contributed by atoms with Crippen molar-refractivity contribution in [2.45, 2.75) is 119 Å². The Morgan fingerprint density at radius 3 is 2.35 bits per heavy atom. The Balaban J connectivity index is 1.44. The summed E-state index contributed by atoms with van der Waals surface area (Å²) in [6.07, 6.45) is 5.61. The van der Waals surface area contributed by atoms with Crippen molar-refractivity contribution in [1.29, 1.82) is 0 Å². The second kappa shape index (κ2) is 11.1. The quantitative estimate of drug-likeness (QED) is 0.369. The number of ketones is 1. The molecule has 256 valence electrons. The molecule has 0 radical (unpaired) electrons. The molecule has 0 amide bonds. The summed E-state index contributed by atoms with van der Waals surface area (Å²) in [5.74, 6) is -2.13. The molecule has 12 atom stereocenters. The molecule has 0 aromatic rings. The lowest BCUT2D eigenvalue weighted by atomic mass is 9.34. The Morgan fingerprint density at radius 1 is 1.02 bits per heavy atom. The van der Waals surface area contributed by atoms with E-state index in [1.165, 1.54) is 6.92 Å². The van der Waals surface area contributed by atoms with Gasteiger partial charge in [-0.3, -0.25) is 19.2 Å². The highest BCUT2D eigenvalue weighted by atomic mass is 16.6. The van der Waals surface area contributed by atoms with Crippen molar-refractivity contribution >= 4 is 23.7 Å². The van der Waals surface area contributed by atoms with E-state index in [0.717, 1.165) is 44.2 Å². The first-order valence-electron chi connectivity index (χ1n) is 17.7. The fraction of sp³-hybridized carbons (Fsp3) is 0.838. The summed E-state index contributed by atoms with van der Waals surface area (Å²) in [5, 5.41) is 14.1. The number of rotatable bonds is 6. The van der Waals surface area contributed by atoms with Gasteiger partial charge in [0.15, 0.2) is 5.78 Å². The molecule has 0 spiro atoms. The number of carboxylic acids is 1. The molecule has 4 aliphatic carbocycles. The van der Waals surface area contributed by atoms with Gasteiger partial charge in [-0.1, -0.05) is 54.0 Å². The predicted octanol–water partition coefficient (Wildman–Crippen LogP) is 5.35. The van der Waals surface area contributed by atoms with E-state index in [-0.39, 0.29) is 41.5 Å². The Kier molecular flexibility index (Phi) is 8.15. The summed E-state index contributed by atoms with van der Waals surface area (Å²) in [5.41, 5.74) is -2.38. The summed E-state index contributed by atoms with van der Waals surface area (Å²) in [7, 11) is 0. The van der Waals surface area contributed by atoms with E-state index >= 15 is 0 Å². The zero-order chi connectivity index (χ0) is 33.6. The average molecular weight is 642 g/mol. The maximum Gasteiger partial charge on any atom is 0.323 e. The van der Waals surface area contributed by atoms with Crippen LogP contribution < -0.4 is 5.32 Å². The number of carboxylic acid groups (broad SMARTS) is 1. The van der Waals surface area contributed by atoms with Crippen LogP contribution >= 0.6 is 0 Å². The molecule has 2 N–H and O–H groups in total. The highest BCUT2D eigenvalue weighted by molar-refractivity contribution is 6.00. The van der Waals surface area contributed by atoms with E-state index in [9.17, 15) is 24.3 Å². The van der Waals surface area contributed by atoms with Gasteiger partial charge in [0.05, 0.1) is 19.1 Å². The number of allylic oxidation sites excluding steroid dienone is 1. The Bertz CT molecular complexity index is 1340. The molecule has 6 aliphatic rings. The topological polar surface area (TPSA) is 128 Å². The number of hydrogen-bond acceptors (Lipinski definition) is 8. The van der Waals surface area contributed by atoms with Crippen LogP contribution in [0.5, 0.6) is 0 Å². The van der Waals surface area contributed by atoms with Crippen LogP contribution in [0.15, 0.2) is 11.6 Å². The fourth-order valence-corrected chi connectivity index (χ4v) is 12.0. The molecule has 9 nitrogen and oxygen atoms in total. The van der Waals surface area contributed by atoms with Gasteiger partial charge in [0.2, 0.25) is 0 Å². The van der Waals surface area contributed by atoms with Crippen molar-refractivity contribution < 1.29 is 38.5 Å². The van der Waals surface area contributed by atoms with Crippen molar-refractivity contribution in [3.05, 3.63) is 11.6 Å². The molecule has 2 aliphatic heterocycles. The molecule has 5 fully saturated rings. The molecule has 9 heteroatoms. The molecule has 46 heavy (non-hydrogen) atoms. The normalized spacial score (nSPS) is 47.2. The van der Waals surface area contributed by atoms with Crippen LogP contribution in [0.25, 0.3) is 0 Å². The van der Waals surface area contributed by atoms with Crippen LogP contribution in [-0.2, 0) is 33.4 Å². The van der Waals surface area contributed by atoms with Crippen LogP contribution in [0, 0.1) is 56.7 Å². The van der Waals surface area contributed by atoms with E-state index in [1.807, 2.05) is 6.92 Å². The lowest BCUT2D eigenvalue weighted by molar-refractivity contribution is -0.262. The fourth-order valence-electron chi connectivity index (χ4n) is 12.0. The van der Waals surface area contributed by atoms with Crippen LogP contribution in [0.4, 0.5) is 0 Å². The first-order valence-corrected chi connectivity index (χ1v) is 17.7. The number of aliphatic carboxylic acids is 1. The van der Waals surface area contributed by atoms with E-state index < -0.39 is 57.1 Å². The van der Waals surface area contributed by atoms with Crippen molar-refractivity contribution in [1.82, 2.24) is 5.32 Å². The van der Waals surface area contributed by atoms with Gasteiger partial charge in [-0.05, 0) is 92.1 Å². The number of hydrogen-bond donors (Lipinski definition) is 2. The molecular weight excluding hydrogens is 586 g/mol. The highest BCUT2D eigenvalue weighted by Gasteiger charge is 2.74. The minimum atomic E-state index is -1.08. The van der Waals surface area contributed by atoms with Gasteiger partial charge in [0.25, 0.3) is 0 Å². The van der Waals surface area contributed by atoms with Gasteiger partial charge >= 0.3 is 17.9 Å². The summed E-state index contributed by atoms with van der Waals surface area (Å²) in [6.45, 7) is 17.6. The second-order valence-corrected chi connectivity index (χ2v) is 17.1. The molecule has 3 saturated carbocycles. The molecule has 2 heterocycles. The molecule has 0 aromatic carbocycles.